The first-order valence-corrected chi connectivity index (χ1v) is 18.0. The average molecular weight is 810 g/mol. The Labute approximate surface area is 325 Å². The van der Waals surface area contributed by atoms with Crippen molar-refractivity contribution in [1.82, 2.24) is 9.97 Å². The lowest BCUT2D eigenvalue weighted by molar-refractivity contribution is -0.137. The highest BCUT2D eigenvalue weighted by Gasteiger charge is 2.36. The largest absolute Gasteiger partial charge is 0.418 e. The maximum Gasteiger partial charge on any atom is 0.418 e. The fraction of sp³-hybridized carbons (Fsp3) is 0.220. The summed E-state index contributed by atoms with van der Waals surface area (Å²) in [4.78, 5) is 57.7. The smallest absolute Gasteiger partial charge is 0.372 e. The number of carbonyl (C=O) groups is 2. The van der Waals surface area contributed by atoms with Crippen LogP contribution in [0.3, 0.4) is 0 Å². The van der Waals surface area contributed by atoms with Crippen molar-refractivity contribution in [3.63, 3.8) is 0 Å². The first-order valence-electron chi connectivity index (χ1n) is 17.6. The van der Waals surface area contributed by atoms with E-state index >= 15 is 0 Å². The molecule has 1 aliphatic rings. The molecule has 1 saturated heterocycles. The lowest BCUT2D eigenvalue weighted by Crippen LogP contribution is -2.24. The molecule has 2 aromatic heterocycles. The van der Waals surface area contributed by atoms with E-state index in [1.54, 1.807) is 56.3 Å². The number of aromatic nitrogens is 2. The van der Waals surface area contributed by atoms with Crippen LogP contribution in [-0.4, -0.2) is 34.9 Å². The van der Waals surface area contributed by atoms with E-state index in [4.69, 9.17) is 11.6 Å². The Kier molecular flexibility index (Phi) is 11.5. The van der Waals surface area contributed by atoms with Gasteiger partial charge < -0.3 is 25.5 Å². The predicted molar refractivity (Wildman–Crippen MR) is 208 cm³/mol. The van der Waals surface area contributed by atoms with Gasteiger partial charge in [0.2, 0.25) is 10.9 Å². The molecule has 0 aliphatic carbocycles. The van der Waals surface area contributed by atoms with Crippen molar-refractivity contribution in [2.24, 2.45) is 0 Å². The molecule has 1 fully saturated rings. The van der Waals surface area contributed by atoms with E-state index in [0.717, 1.165) is 25.0 Å². The Hall–Kier alpha value is -6.09. The second kappa shape index (κ2) is 16.2. The molecule has 9 nitrogen and oxygen atoms in total. The summed E-state index contributed by atoms with van der Waals surface area (Å²) in [6, 6.07) is 18.7. The quantitative estimate of drug-likeness (QED) is 0.125. The van der Waals surface area contributed by atoms with Crippen molar-refractivity contribution in [2.75, 3.05) is 28.6 Å². The summed E-state index contributed by atoms with van der Waals surface area (Å²) >= 11 is 5.89. The fourth-order valence-electron chi connectivity index (χ4n) is 6.39. The number of nitrogens with one attached hydrogen (secondary N) is 4. The third-order valence-corrected chi connectivity index (χ3v) is 9.65. The molecule has 0 spiro atoms. The van der Waals surface area contributed by atoms with Crippen LogP contribution >= 0.6 is 11.6 Å². The number of anilines is 3. The van der Waals surface area contributed by atoms with Gasteiger partial charge in [0.15, 0.2) is 0 Å². The molecule has 296 valence electrons. The standard InChI is InChI=1S/C21H18F3N3O2.C20H16ClF3N2O2/c22-21(23,24)16-11-13(27-9-3-4-10-27)7-8-18(16)26-20(29)15-12-25-17-6-2-1-5-14(17)19(15)28;1-10(2)11-3-5-17(15(7-11)20(22,23)24)26-19(28)14-9-25-16-6-4-12(21)8-13(16)18(14)27/h1-2,5-8,11-12H,3-4,9-10H2,(H,25,28)(H,26,29);3-10H,1-2H3,(H,25,27)(H,26,28). The van der Waals surface area contributed by atoms with E-state index < -0.39 is 51.8 Å². The first kappa shape index (κ1) is 40.6. The number of H-pyrrole nitrogens is 2. The van der Waals surface area contributed by atoms with E-state index in [0.29, 0.717) is 45.8 Å². The van der Waals surface area contributed by atoms with Gasteiger partial charge in [0.25, 0.3) is 11.8 Å². The van der Waals surface area contributed by atoms with Crippen LogP contribution in [0, 0.1) is 0 Å². The van der Waals surface area contributed by atoms with Crippen LogP contribution in [0.5, 0.6) is 0 Å². The summed E-state index contributed by atoms with van der Waals surface area (Å²) in [6.45, 7) is 4.95. The van der Waals surface area contributed by atoms with Gasteiger partial charge in [0, 0.05) is 58.0 Å². The van der Waals surface area contributed by atoms with Gasteiger partial charge in [-0.25, -0.2) is 0 Å². The molecule has 7 rings (SSSR count). The number of rotatable bonds is 6. The zero-order chi connectivity index (χ0) is 41.2. The van der Waals surface area contributed by atoms with E-state index in [1.807, 2.05) is 4.90 Å². The minimum atomic E-state index is -4.66. The fourth-order valence-corrected chi connectivity index (χ4v) is 6.56. The molecule has 57 heavy (non-hydrogen) atoms. The molecule has 2 amide bonds. The number of carbonyl (C=O) groups excluding carboxylic acids is 2. The Balaban J connectivity index is 0.000000193. The summed E-state index contributed by atoms with van der Waals surface area (Å²) in [7, 11) is 0. The van der Waals surface area contributed by atoms with Gasteiger partial charge in [0.05, 0.1) is 22.5 Å². The monoisotopic (exact) mass is 809 g/mol. The van der Waals surface area contributed by atoms with Gasteiger partial charge in [-0.3, -0.25) is 19.2 Å². The number of pyridine rings is 2. The number of fused-ring (bicyclic) bond motifs is 2. The van der Waals surface area contributed by atoms with Crippen LogP contribution < -0.4 is 26.4 Å². The van der Waals surface area contributed by atoms with E-state index in [-0.39, 0.29) is 28.1 Å². The minimum absolute atomic E-state index is 0.112. The summed E-state index contributed by atoms with van der Waals surface area (Å²) in [5, 5.41) is 5.24. The van der Waals surface area contributed by atoms with Crippen molar-refractivity contribution in [3.8, 4) is 0 Å². The lowest BCUT2D eigenvalue weighted by atomic mass is 9.99. The third-order valence-electron chi connectivity index (χ3n) is 9.41. The van der Waals surface area contributed by atoms with E-state index in [9.17, 15) is 45.5 Å². The number of halogens is 7. The Bertz CT molecular complexity index is 2610. The van der Waals surface area contributed by atoms with Crippen molar-refractivity contribution in [3.05, 3.63) is 145 Å². The van der Waals surface area contributed by atoms with Crippen LogP contribution in [0.15, 0.2) is 101 Å². The molecular formula is C41H34ClF6N5O4. The maximum atomic E-state index is 13.6. The molecule has 0 saturated carbocycles. The number of hydrogen-bond acceptors (Lipinski definition) is 5. The molecule has 4 aromatic carbocycles. The number of aromatic amines is 2. The lowest BCUT2D eigenvalue weighted by Gasteiger charge is -2.21. The Morgan fingerprint density at radius 1 is 0.684 bits per heavy atom. The van der Waals surface area contributed by atoms with Gasteiger partial charge >= 0.3 is 12.4 Å². The third kappa shape index (κ3) is 8.99. The molecule has 0 radical (unpaired) electrons. The Morgan fingerprint density at radius 3 is 1.79 bits per heavy atom. The second-order valence-corrected chi connectivity index (χ2v) is 14.0. The second-order valence-electron chi connectivity index (χ2n) is 13.6. The van der Waals surface area contributed by atoms with Gasteiger partial charge in [-0.1, -0.05) is 43.6 Å². The molecule has 1 aliphatic heterocycles. The minimum Gasteiger partial charge on any atom is -0.372 e. The summed E-state index contributed by atoms with van der Waals surface area (Å²) in [6.07, 6.45) is -5.05. The molecule has 3 heterocycles. The van der Waals surface area contributed by atoms with Crippen molar-refractivity contribution in [1.29, 1.82) is 0 Å². The number of benzene rings is 4. The van der Waals surface area contributed by atoms with E-state index in [1.165, 1.54) is 36.7 Å². The summed E-state index contributed by atoms with van der Waals surface area (Å²) < 4.78 is 81.2. The van der Waals surface area contributed by atoms with E-state index in [2.05, 4.69) is 20.6 Å². The van der Waals surface area contributed by atoms with Crippen LogP contribution in [0.4, 0.5) is 43.4 Å². The predicted octanol–water partition coefficient (Wildman–Crippen LogP) is 9.98. The average Bonchev–Trinajstić information content (AvgIpc) is 3.70. The summed E-state index contributed by atoms with van der Waals surface area (Å²) in [5.41, 5.74) is -2.45. The molecule has 6 aromatic rings. The number of nitrogens with zero attached hydrogens (tertiary/aromatic N) is 1. The molecule has 0 bridgehead atoms. The SMILES string of the molecule is CC(C)c1ccc(NC(=O)c2c[nH]c3ccc(Cl)cc3c2=O)c(C(F)(F)F)c1.O=C(Nc1ccc(N2CCCC2)cc1C(F)(F)F)c1c[nH]c2ccccc2c1=O. The van der Waals surface area contributed by atoms with Gasteiger partial charge in [-0.15, -0.1) is 0 Å². The first-order chi connectivity index (χ1) is 26.9. The molecule has 4 N–H and O–H groups in total. The topological polar surface area (TPSA) is 127 Å². The number of amides is 2. The normalized spacial score (nSPS) is 13.1. The number of alkyl halides is 6. The summed E-state index contributed by atoms with van der Waals surface area (Å²) in [5.74, 6) is -1.94. The molecule has 0 atom stereocenters. The number of hydrogen-bond donors (Lipinski definition) is 4. The van der Waals surface area contributed by atoms with Crippen LogP contribution in [0.1, 0.15) is 70.0 Å². The van der Waals surface area contributed by atoms with Crippen LogP contribution in [-0.2, 0) is 12.4 Å². The molecule has 16 heteroatoms. The zero-order valence-corrected chi connectivity index (χ0v) is 31.0. The zero-order valence-electron chi connectivity index (χ0n) is 30.3. The van der Waals surface area contributed by atoms with Gasteiger partial charge in [-0.2, -0.15) is 26.3 Å². The maximum absolute atomic E-state index is 13.6. The highest BCUT2D eigenvalue weighted by Crippen LogP contribution is 2.39. The van der Waals surface area contributed by atoms with Gasteiger partial charge in [-0.05, 0) is 85.0 Å². The Morgan fingerprint density at radius 2 is 1.21 bits per heavy atom. The highest BCUT2D eigenvalue weighted by atomic mass is 35.5. The van der Waals surface area contributed by atoms with Crippen LogP contribution in [0.25, 0.3) is 21.8 Å². The van der Waals surface area contributed by atoms with Crippen molar-refractivity contribution < 1.29 is 35.9 Å². The highest BCUT2D eigenvalue weighted by molar-refractivity contribution is 6.31. The van der Waals surface area contributed by atoms with Crippen LogP contribution in [0.2, 0.25) is 5.02 Å². The number of para-hydroxylation sites is 1. The molecule has 0 unspecified atom stereocenters. The van der Waals surface area contributed by atoms with Crippen molar-refractivity contribution in [2.45, 2.75) is 45.0 Å². The molecular weight excluding hydrogens is 776 g/mol. The van der Waals surface area contributed by atoms with Gasteiger partial charge in [0.1, 0.15) is 11.1 Å². The van der Waals surface area contributed by atoms with Crippen molar-refractivity contribution >= 4 is 62.3 Å².